The Morgan fingerprint density at radius 3 is 2.56 bits per heavy atom. The third-order valence-electron chi connectivity index (χ3n) is 2.56. The topological polar surface area (TPSA) is 38.9 Å². The quantitative estimate of drug-likeness (QED) is 0.843. The Morgan fingerprint density at radius 1 is 1.17 bits per heavy atom. The predicted octanol–water partition coefficient (Wildman–Crippen LogP) is 3.92. The summed E-state index contributed by atoms with van der Waals surface area (Å²) in [6.45, 7) is 0.667. The third-order valence-corrected chi connectivity index (χ3v) is 4.06. The van der Waals surface area contributed by atoms with Crippen LogP contribution in [0.15, 0.2) is 53.7 Å². The maximum Gasteiger partial charge on any atom is 0.0966 e. The van der Waals surface area contributed by atoms with Crippen molar-refractivity contribution in [1.82, 2.24) is 4.98 Å². The molecule has 18 heavy (non-hydrogen) atoms. The number of aromatic nitrogens is 1. The second-order valence-corrected chi connectivity index (χ2v) is 5.57. The van der Waals surface area contributed by atoms with Gasteiger partial charge in [0, 0.05) is 11.4 Å². The molecule has 2 aromatic rings. The fourth-order valence-electron chi connectivity index (χ4n) is 1.69. The molecule has 0 saturated carbocycles. The molecule has 0 bridgehead atoms. The van der Waals surface area contributed by atoms with E-state index in [-0.39, 0.29) is 0 Å². The Hall–Kier alpha value is -1.03. The van der Waals surface area contributed by atoms with Crippen LogP contribution in [0.2, 0.25) is 5.02 Å². The van der Waals surface area contributed by atoms with Crippen LogP contribution in [0.1, 0.15) is 17.2 Å². The first kappa shape index (κ1) is 13.4. The molecule has 0 aliphatic rings. The molecule has 2 nitrogen and oxygen atoms in total. The summed E-state index contributed by atoms with van der Waals surface area (Å²) >= 11 is 7.56. The van der Waals surface area contributed by atoms with Crippen LogP contribution >= 0.6 is 23.4 Å². The van der Waals surface area contributed by atoms with Gasteiger partial charge in [0.05, 0.1) is 10.0 Å². The van der Waals surface area contributed by atoms with Gasteiger partial charge in [0.1, 0.15) is 0 Å². The first-order valence-electron chi connectivity index (χ1n) is 5.83. The molecular formula is C14H15ClN2S. The van der Waals surface area contributed by atoms with Gasteiger partial charge in [-0.3, -0.25) is 0 Å². The van der Waals surface area contributed by atoms with Gasteiger partial charge in [-0.15, -0.1) is 0 Å². The highest BCUT2D eigenvalue weighted by atomic mass is 35.5. The van der Waals surface area contributed by atoms with Gasteiger partial charge in [0.15, 0.2) is 0 Å². The van der Waals surface area contributed by atoms with Crippen molar-refractivity contribution in [3.05, 3.63) is 59.2 Å². The first-order chi connectivity index (χ1) is 8.79. The number of benzene rings is 1. The van der Waals surface area contributed by atoms with E-state index in [0.717, 1.165) is 11.4 Å². The van der Waals surface area contributed by atoms with Crippen LogP contribution in [0.5, 0.6) is 0 Å². The van der Waals surface area contributed by atoms with Crippen molar-refractivity contribution in [3.63, 3.8) is 0 Å². The van der Waals surface area contributed by atoms with Crippen molar-refractivity contribution in [3.8, 4) is 0 Å². The van der Waals surface area contributed by atoms with E-state index in [2.05, 4.69) is 29.2 Å². The van der Waals surface area contributed by atoms with Crippen molar-refractivity contribution in [2.75, 3.05) is 6.54 Å². The van der Waals surface area contributed by atoms with E-state index in [4.69, 9.17) is 17.3 Å². The Bertz CT molecular complexity index is 473. The smallest absolute Gasteiger partial charge is 0.0966 e. The Morgan fingerprint density at radius 2 is 1.94 bits per heavy atom. The highest BCUT2D eigenvalue weighted by Gasteiger charge is 2.12. The van der Waals surface area contributed by atoms with Crippen molar-refractivity contribution < 1.29 is 0 Å². The average Bonchev–Trinajstić information content (AvgIpc) is 2.42. The minimum atomic E-state index is 0.338. The van der Waals surface area contributed by atoms with Crippen molar-refractivity contribution in [1.29, 1.82) is 0 Å². The van der Waals surface area contributed by atoms with Crippen LogP contribution < -0.4 is 5.73 Å². The third kappa shape index (κ3) is 3.73. The largest absolute Gasteiger partial charge is 0.330 e. The van der Waals surface area contributed by atoms with Crippen LogP contribution in [0.25, 0.3) is 0 Å². The molecule has 0 aliphatic carbocycles. The minimum Gasteiger partial charge on any atom is -0.330 e. The zero-order chi connectivity index (χ0) is 12.8. The fourth-order valence-corrected chi connectivity index (χ4v) is 2.90. The van der Waals surface area contributed by atoms with Gasteiger partial charge < -0.3 is 5.73 Å². The molecule has 0 radical (unpaired) electrons. The maximum atomic E-state index is 5.83. The molecule has 94 valence electrons. The summed E-state index contributed by atoms with van der Waals surface area (Å²) in [5.74, 6) is 0. The monoisotopic (exact) mass is 278 g/mol. The van der Waals surface area contributed by atoms with Gasteiger partial charge in [-0.05, 0) is 30.7 Å². The molecule has 1 heterocycles. The molecule has 2 rings (SSSR count). The number of hydrogen-bond acceptors (Lipinski definition) is 3. The van der Waals surface area contributed by atoms with Crippen LogP contribution in [-0.2, 0) is 0 Å². The lowest BCUT2D eigenvalue weighted by molar-refractivity contribution is 0.812. The highest BCUT2D eigenvalue weighted by molar-refractivity contribution is 7.99. The first-order valence-corrected chi connectivity index (χ1v) is 7.08. The molecule has 1 atom stereocenters. The molecule has 0 saturated heterocycles. The highest BCUT2D eigenvalue weighted by Crippen LogP contribution is 2.36. The van der Waals surface area contributed by atoms with Gasteiger partial charge in [-0.2, -0.15) is 0 Å². The zero-order valence-electron chi connectivity index (χ0n) is 9.92. The molecule has 1 aromatic heterocycles. The van der Waals surface area contributed by atoms with Gasteiger partial charge in [-0.25, -0.2) is 4.98 Å². The lowest BCUT2D eigenvalue weighted by atomic mass is 10.1. The molecular weight excluding hydrogens is 264 g/mol. The molecule has 1 aromatic carbocycles. The molecule has 0 aliphatic heterocycles. The molecule has 4 heteroatoms. The van der Waals surface area contributed by atoms with Gasteiger partial charge in [0.2, 0.25) is 0 Å². The van der Waals surface area contributed by atoms with E-state index >= 15 is 0 Å². The maximum absolute atomic E-state index is 5.83. The molecule has 0 amide bonds. The van der Waals surface area contributed by atoms with E-state index < -0.39 is 0 Å². The van der Waals surface area contributed by atoms with Crippen LogP contribution in [0, 0.1) is 0 Å². The summed E-state index contributed by atoms with van der Waals surface area (Å²) < 4.78 is 0. The van der Waals surface area contributed by atoms with Crippen molar-refractivity contribution >= 4 is 23.4 Å². The number of rotatable bonds is 5. The average molecular weight is 279 g/mol. The predicted molar refractivity (Wildman–Crippen MR) is 78.0 cm³/mol. The van der Waals surface area contributed by atoms with E-state index in [1.165, 1.54) is 5.56 Å². The van der Waals surface area contributed by atoms with Gasteiger partial charge in [-0.1, -0.05) is 53.7 Å². The summed E-state index contributed by atoms with van der Waals surface area (Å²) in [5.41, 5.74) is 6.97. The second-order valence-electron chi connectivity index (χ2n) is 3.91. The number of halogens is 1. The SMILES string of the molecule is NCCC(Sc1ccc(Cl)cn1)c1ccccc1. The normalized spacial score (nSPS) is 12.3. The molecule has 0 fully saturated rings. The number of nitrogens with zero attached hydrogens (tertiary/aromatic N) is 1. The van der Waals surface area contributed by atoms with Crippen molar-refractivity contribution in [2.24, 2.45) is 5.73 Å². The minimum absolute atomic E-state index is 0.338. The number of pyridine rings is 1. The Labute approximate surface area is 117 Å². The molecule has 0 spiro atoms. The number of nitrogens with two attached hydrogens (primary N) is 1. The lowest BCUT2D eigenvalue weighted by Gasteiger charge is -2.15. The zero-order valence-corrected chi connectivity index (χ0v) is 11.5. The van der Waals surface area contributed by atoms with Crippen molar-refractivity contribution in [2.45, 2.75) is 16.7 Å². The summed E-state index contributed by atoms with van der Waals surface area (Å²) in [7, 11) is 0. The number of hydrogen-bond donors (Lipinski definition) is 1. The van der Waals surface area contributed by atoms with Gasteiger partial charge in [0.25, 0.3) is 0 Å². The Kier molecular flexibility index (Phi) is 5.05. The van der Waals surface area contributed by atoms with Crippen LogP contribution in [0.4, 0.5) is 0 Å². The van der Waals surface area contributed by atoms with Crippen LogP contribution in [0.3, 0.4) is 0 Å². The lowest BCUT2D eigenvalue weighted by Crippen LogP contribution is -2.05. The van der Waals surface area contributed by atoms with E-state index in [0.29, 0.717) is 16.8 Å². The van der Waals surface area contributed by atoms with E-state index in [9.17, 15) is 0 Å². The van der Waals surface area contributed by atoms with Gasteiger partial charge >= 0.3 is 0 Å². The second kappa shape index (κ2) is 6.78. The van der Waals surface area contributed by atoms with E-state index in [1.807, 2.05) is 18.2 Å². The standard InChI is InChI=1S/C14H15ClN2S/c15-12-6-7-14(17-10-12)18-13(8-9-16)11-4-2-1-3-5-11/h1-7,10,13H,8-9,16H2. The molecule has 2 N–H and O–H groups in total. The van der Waals surface area contributed by atoms with E-state index in [1.54, 1.807) is 18.0 Å². The summed E-state index contributed by atoms with van der Waals surface area (Å²) in [6, 6.07) is 14.2. The Balaban J connectivity index is 2.14. The summed E-state index contributed by atoms with van der Waals surface area (Å²) in [4.78, 5) is 4.32. The molecule has 1 unspecified atom stereocenters. The number of thioether (sulfide) groups is 1. The summed E-state index contributed by atoms with van der Waals surface area (Å²) in [5, 5.41) is 1.97. The summed E-state index contributed by atoms with van der Waals surface area (Å²) in [6.07, 6.45) is 2.60. The van der Waals surface area contributed by atoms with Crippen LogP contribution in [-0.4, -0.2) is 11.5 Å². The fraction of sp³-hybridized carbons (Fsp3) is 0.214.